The summed E-state index contributed by atoms with van der Waals surface area (Å²) in [6.45, 7) is 1.42. The number of nitrogens with zero attached hydrogens (tertiary/aromatic N) is 1. The highest BCUT2D eigenvalue weighted by Gasteiger charge is 2.31. The number of halogens is 1. The lowest BCUT2D eigenvalue weighted by molar-refractivity contribution is 0.0468. The van der Waals surface area contributed by atoms with Crippen molar-refractivity contribution in [2.45, 2.75) is 30.1 Å². The van der Waals surface area contributed by atoms with Crippen LogP contribution >= 0.6 is 0 Å². The lowest BCUT2D eigenvalue weighted by Gasteiger charge is -2.31. The van der Waals surface area contributed by atoms with Crippen molar-refractivity contribution in [1.29, 1.82) is 0 Å². The van der Waals surface area contributed by atoms with Gasteiger partial charge in [0.15, 0.2) is 0 Å². The Hall–Kier alpha value is -3.44. The molecule has 0 fully saturated rings. The molecule has 0 bridgehead atoms. The predicted molar refractivity (Wildman–Crippen MR) is 130 cm³/mol. The summed E-state index contributed by atoms with van der Waals surface area (Å²) >= 11 is 0. The van der Waals surface area contributed by atoms with Crippen LogP contribution in [-0.4, -0.2) is 34.8 Å². The molecule has 1 atom stereocenters. The largest absolute Gasteiger partial charge is 0.441 e. The SMILES string of the molecule is CC(OC(=O)c1ccccc1)S(=O)(=O)Nc1ccc2c(c1)N(S(=O)(=O)c1ccc(F)cc1)CCC2. The molecule has 0 spiro atoms. The van der Waals surface area contributed by atoms with Gasteiger partial charge in [-0.05, 0) is 73.9 Å². The third-order valence-corrected chi connectivity index (χ3v) is 8.86. The molecule has 0 saturated carbocycles. The first-order valence-corrected chi connectivity index (χ1v) is 13.8. The van der Waals surface area contributed by atoms with E-state index >= 15 is 0 Å². The highest BCUT2D eigenvalue weighted by molar-refractivity contribution is 7.93. The molecule has 0 aliphatic carbocycles. The van der Waals surface area contributed by atoms with Gasteiger partial charge in [-0.1, -0.05) is 24.3 Å². The Morgan fingerprint density at radius 1 is 1.00 bits per heavy atom. The quantitative estimate of drug-likeness (QED) is 0.475. The molecule has 1 aliphatic heterocycles. The number of hydrogen-bond donors (Lipinski definition) is 1. The second-order valence-corrected chi connectivity index (χ2v) is 11.8. The van der Waals surface area contributed by atoms with Crippen molar-refractivity contribution in [1.82, 2.24) is 0 Å². The summed E-state index contributed by atoms with van der Waals surface area (Å²) in [7, 11) is -8.15. The Kier molecular flexibility index (Phi) is 6.82. The van der Waals surface area contributed by atoms with Crippen molar-refractivity contribution in [3.8, 4) is 0 Å². The zero-order valence-electron chi connectivity index (χ0n) is 18.7. The third kappa shape index (κ3) is 5.30. The maximum absolute atomic E-state index is 13.3. The Balaban J connectivity index is 1.57. The van der Waals surface area contributed by atoms with E-state index in [0.29, 0.717) is 18.5 Å². The number of carbonyl (C=O) groups is 1. The van der Waals surface area contributed by atoms with Crippen LogP contribution in [0.15, 0.2) is 77.7 Å². The van der Waals surface area contributed by atoms with Crippen molar-refractivity contribution in [3.63, 3.8) is 0 Å². The van der Waals surface area contributed by atoms with Crippen LogP contribution in [0.4, 0.5) is 15.8 Å². The van der Waals surface area contributed by atoms with E-state index in [1.807, 2.05) is 0 Å². The van der Waals surface area contributed by atoms with Crippen LogP contribution in [0.2, 0.25) is 0 Å². The summed E-state index contributed by atoms with van der Waals surface area (Å²) in [5, 5.41) is 0. The Morgan fingerprint density at radius 2 is 1.69 bits per heavy atom. The summed E-state index contributed by atoms with van der Waals surface area (Å²) in [6.07, 6.45) is 1.19. The first-order chi connectivity index (χ1) is 16.6. The van der Waals surface area contributed by atoms with Gasteiger partial charge < -0.3 is 4.74 Å². The highest BCUT2D eigenvalue weighted by atomic mass is 32.2. The number of nitrogens with one attached hydrogen (secondary N) is 1. The lowest BCUT2D eigenvalue weighted by Crippen LogP contribution is -2.35. The molecule has 8 nitrogen and oxygen atoms in total. The minimum atomic E-state index is -4.16. The molecule has 4 rings (SSSR count). The van der Waals surface area contributed by atoms with Crippen LogP contribution in [0.1, 0.15) is 29.3 Å². The number of ether oxygens (including phenoxy) is 1. The number of sulfonamides is 2. The van der Waals surface area contributed by atoms with E-state index in [-0.39, 0.29) is 22.7 Å². The van der Waals surface area contributed by atoms with E-state index in [1.165, 1.54) is 47.6 Å². The van der Waals surface area contributed by atoms with Gasteiger partial charge in [0.05, 0.1) is 21.8 Å². The number of fused-ring (bicyclic) bond motifs is 1. The summed E-state index contributed by atoms with van der Waals surface area (Å²) in [5.74, 6) is -1.34. The van der Waals surface area contributed by atoms with Gasteiger partial charge in [-0.15, -0.1) is 0 Å². The average molecular weight is 519 g/mol. The maximum atomic E-state index is 13.3. The number of esters is 1. The van der Waals surface area contributed by atoms with Crippen LogP contribution in [-0.2, 0) is 31.2 Å². The minimum absolute atomic E-state index is 0.0702. The van der Waals surface area contributed by atoms with Crippen molar-refractivity contribution in [3.05, 3.63) is 89.7 Å². The molecule has 0 amide bonds. The molecule has 1 aliphatic rings. The van der Waals surface area contributed by atoms with Crippen molar-refractivity contribution in [2.75, 3.05) is 15.6 Å². The number of carbonyl (C=O) groups excluding carboxylic acids is 1. The number of aryl methyl sites for hydroxylation is 1. The number of anilines is 2. The van der Waals surface area contributed by atoms with Crippen LogP contribution in [0.3, 0.4) is 0 Å². The van der Waals surface area contributed by atoms with Crippen molar-refractivity contribution < 1.29 is 30.8 Å². The fourth-order valence-corrected chi connectivity index (χ4v) is 6.06. The Morgan fingerprint density at radius 3 is 2.37 bits per heavy atom. The van der Waals surface area contributed by atoms with Crippen LogP contribution in [0, 0.1) is 5.82 Å². The number of hydrogen-bond acceptors (Lipinski definition) is 6. The standard InChI is InChI=1S/C24H23FN2O6S2/c1-17(33-24(28)19-6-3-2-4-7-19)34(29,30)26-21-12-9-18-8-5-15-27(23(18)16-21)35(31,32)22-13-10-20(25)11-14-22/h2-4,6-7,9-14,16-17,26H,5,8,15H2,1H3. The summed E-state index contributed by atoms with van der Waals surface area (Å²) in [4.78, 5) is 12.2. The Bertz CT molecular complexity index is 1440. The van der Waals surface area contributed by atoms with Gasteiger partial charge >= 0.3 is 5.97 Å². The number of benzene rings is 3. The first kappa shape index (κ1) is 24.7. The zero-order chi connectivity index (χ0) is 25.2. The van der Waals surface area contributed by atoms with Gasteiger partial charge in [0.2, 0.25) is 5.44 Å². The van der Waals surface area contributed by atoms with E-state index in [1.54, 1.807) is 24.3 Å². The summed E-state index contributed by atoms with van der Waals surface area (Å²) in [6, 6.07) is 17.1. The molecule has 0 radical (unpaired) electrons. The normalized spacial score (nSPS) is 14.6. The van der Waals surface area contributed by atoms with Crippen LogP contribution < -0.4 is 9.03 Å². The van der Waals surface area contributed by atoms with Crippen molar-refractivity contribution >= 4 is 37.4 Å². The fraction of sp³-hybridized carbons (Fsp3) is 0.208. The number of rotatable bonds is 7. The van der Waals surface area contributed by atoms with E-state index in [0.717, 1.165) is 17.7 Å². The van der Waals surface area contributed by atoms with E-state index < -0.39 is 37.3 Å². The third-order valence-electron chi connectivity index (χ3n) is 5.54. The molecule has 0 saturated heterocycles. The Labute approximate surface area is 203 Å². The molecule has 35 heavy (non-hydrogen) atoms. The average Bonchev–Trinajstić information content (AvgIpc) is 2.84. The first-order valence-electron chi connectivity index (χ1n) is 10.8. The molecule has 0 aromatic heterocycles. The smallest absolute Gasteiger partial charge is 0.339 e. The topological polar surface area (TPSA) is 110 Å². The fourth-order valence-electron chi connectivity index (χ4n) is 3.69. The molecular weight excluding hydrogens is 495 g/mol. The second-order valence-electron chi connectivity index (χ2n) is 7.96. The van der Waals surface area contributed by atoms with Gasteiger partial charge in [0, 0.05) is 6.54 Å². The molecule has 3 aromatic rings. The van der Waals surface area contributed by atoms with Gasteiger partial charge in [-0.2, -0.15) is 0 Å². The van der Waals surface area contributed by atoms with Gasteiger partial charge in [-0.3, -0.25) is 9.03 Å². The molecule has 3 aromatic carbocycles. The molecule has 11 heteroatoms. The van der Waals surface area contributed by atoms with Crippen molar-refractivity contribution in [2.24, 2.45) is 0 Å². The summed E-state index contributed by atoms with van der Waals surface area (Å²) < 4.78 is 74.0. The molecule has 1 N–H and O–H groups in total. The van der Waals surface area contributed by atoms with E-state index in [4.69, 9.17) is 4.74 Å². The van der Waals surface area contributed by atoms with Crippen LogP contribution in [0.25, 0.3) is 0 Å². The zero-order valence-corrected chi connectivity index (χ0v) is 20.4. The van der Waals surface area contributed by atoms with E-state index in [9.17, 15) is 26.0 Å². The summed E-state index contributed by atoms with van der Waals surface area (Å²) in [5.41, 5.74) is -0.119. The van der Waals surface area contributed by atoms with Crippen LogP contribution in [0.5, 0.6) is 0 Å². The monoisotopic (exact) mass is 518 g/mol. The van der Waals surface area contributed by atoms with Gasteiger partial charge in [0.1, 0.15) is 5.82 Å². The lowest BCUT2D eigenvalue weighted by atomic mass is 10.0. The highest BCUT2D eigenvalue weighted by Crippen LogP contribution is 2.34. The molecule has 184 valence electrons. The van der Waals surface area contributed by atoms with E-state index in [2.05, 4.69) is 4.72 Å². The van der Waals surface area contributed by atoms with Gasteiger partial charge in [-0.25, -0.2) is 26.0 Å². The molecular formula is C24H23FN2O6S2. The molecule has 1 unspecified atom stereocenters. The minimum Gasteiger partial charge on any atom is -0.441 e. The van der Waals surface area contributed by atoms with Gasteiger partial charge in [0.25, 0.3) is 20.0 Å². The predicted octanol–water partition coefficient (Wildman–Crippen LogP) is 3.91. The second kappa shape index (κ2) is 9.67. The maximum Gasteiger partial charge on any atom is 0.339 e. The molecule has 1 heterocycles.